The second-order valence-corrected chi connectivity index (χ2v) is 7.26. The summed E-state index contributed by atoms with van der Waals surface area (Å²) in [6, 6.07) is 10.9. The first kappa shape index (κ1) is 18.3. The Balaban J connectivity index is 1.65. The summed E-state index contributed by atoms with van der Waals surface area (Å²) in [6.07, 6.45) is 0. The van der Waals surface area contributed by atoms with E-state index in [1.807, 2.05) is 12.1 Å². The van der Waals surface area contributed by atoms with E-state index in [1.165, 1.54) is 28.2 Å². The van der Waals surface area contributed by atoms with Crippen molar-refractivity contribution < 1.29 is 9.18 Å². The number of hydrogen-bond acceptors (Lipinski definition) is 5. The molecule has 2 heterocycles. The normalized spacial score (nSPS) is 11.0. The molecule has 2 aromatic heterocycles. The van der Waals surface area contributed by atoms with Crippen molar-refractivity contribution >= 4 is 44.9 Å². The quantitative estimate of drug-likeness (QED) is 0.547. The molecule has 0 aliphatic heterocycles. The van der Waals surface area contributed by atoms with E-state index in [1.54, 1.807) is 24.6 Å². The summed E-state index contributed by atoms with van der Waals surface area (Å²) in [6.45, 7) is 0. The topological polar surface area (TPSA) is 76.9 Å². The van der Waals surface area contributed by atoms with Crippen LogP contribution in [0.2, 0.25) is 5.02 Å². The molecule has 1 amide bonds. The molecular weight excluding hydrogens is 403 g/mol. The van der Waals surface area contributed by atoms with Crippen molar-refractivity contribution in [2.75, 3.05) is 5.32 Å². The molecule has 0 atom stereocenters. The van der Waals surface area contributed by atoms with Crippen molar-refractivity contribution in [2.45, 2.75) is 0 Å². The third-order valence-electron chi connectivity index (χ3n) is 4.10. The lowest BCUT2D eigenvalue weighted by Gasteiger charge is -2.07. The van der Waals surface area contributed by atoms with Crippen LogP contribution in [0.25, 0.3) is 22.2 Å². The summed E-state index contributed by atoms with van der Waals surface area (Å²) < 4.78 is 14.9. The second-order valence-electron chi connectivity index (χ2n) is 5.96. The van der Waals surface area contributed by atoms with Gasteiger partial charge in [-0.15, -0.1) is 11.3 Å². The molecule has 0 unspecified atom stereocenters. The summed E-state index contributed by atoms with van der Waals surface area (Å²) in [4.78, 5) is 29.5. The maximum absolute atomic E-state index is 13.5. The molecule has 0 aliphatic rings. The van der Waals surface area contributed by atoms with Gasteiger partial charge in [-0.2, -0.15) is 5.10 Å². The molecule has 6 nitrogen and oxygen atoms in total. The van der Waals surface area contributed by atoms with Crippen molar-refractivity contribution in [1.29, 1.82) is 0 Å². The van der Waals surface area contributed by atoms with Crippen molar-refractivity contribution in [2.24, 2.45) is 7.05 Å². The molecule has 9 heteroatoms. The fourth-order valence-electron chi connectivity index (χ4n) is 2.74. The molecule has 0 saturated heterocycles. The van der Waals surface area contributed by atoms with Crippen molar-refractivity contribution in [3.63, 3.8) is 0 Å². The number of thiazole rings is 1. The zero-order valence-corrected chi connectivity index (χ0v) is 16.0. The number of aryl methyl sites for hydroxylation is 1. The van der Waals surface area contributed by atoms with Gasteiger partial charge in [-0.1, -0.05) is 23.7 Å². The van der Waals surface area contributed by atoms with E-state index in [-0.39, 0.29) is 11.1 Å². The second kappa shape index (κ2) is 7.14. The standard InChI is InChI=1S/C19H12ClFN4O2S/c1-25-15-7-6-12(21)8-13(15)17(26)16(24-25)18(27)23-19-22-14(9-28-19)10-2-4-11(20)5-3-10/h2-9H,1H3,(H,22,23,27). The van der Waals surface area contributed by atoms with Crippen LogP contribution in [0.3, 0.4) is 0 Å². The number of fused-ring (bicyclic) bond motifs is 1. The van der Waals surface area contributed by atoms with E-state index in [4.69, 9.17) is 11.6 Å². The molecule has 0 aliphatic carbocycles. The van der Waals surface area contributed by atoms with Crippen molar-refractivity contribution in [3.8, 4) is 11.3 Å². The summed E-state index contributed by atoms with van der Waals surface area (Å²) in [5.41, 5.74) is 0.973. The summed E-state index contributed by atoms with van der Waals surface area (Å²) in [5.74, 6) is -1.27. The lowest BCUT2D eigenvalue weighted by atomic mass is 10.2. The Kier molecular flexibility index (Phi) is 4.66. The van der Waals surface area contributed by atoms with Gasteiger partial charge in [0.05, 0.1) is 16.6 Å². The highest BCUT2D eigenvalue weighted by atomic mass is 35.5. The number of nitrogens with zero attached hydrogens (tertiary/aromatic N) is 3. The van der Waals surface area contributed by atoms with Crippen LogP contribution in [0.5, 0.6) is 0 Å². The van der Waals surface area contributed by atoms with E-state index in [0.29, 0.717) is 21.4 Å². The van der Waals surface area contributed by atoms with Gasteiger partial charge in [-0.05, 0) is 30.3 Å². The Morgan fingerprint density at radius 2 is 1.96 bits per heavy atom. The van der Waals surface area contributed by atoms with Gasteiger partial charge in [0, 0.05) is 23.0 Å². The third-order valence-corrected chi connectivity index (χ3v) is 5.11. The van der Waals surface area contributed by atoms with Gasteiger partial charge >= 0.3 is 0 Å². The van der Waals surface area contributed by atoms with Gasteiger partial charge in [-0.3, -0.25) is 19.6 Å². The Morgan fingerprint density at radius 1 is 1.21 bits per heavy atom. The highest BCUT2D eigenvalue weighted by molar-refractivity contribution is 7.14. The van der Waals surface area contributed by atoms with E-state index >= 15 is 0 Å². The highest BCUT2D eigenvalue weighted by Crippen LogP contribution is 2.26. The molecule has 4 rings (SSSR count). The first-order chi connectivity index (χ1) is 13.4. The van der Waals surface area contributed by atoms with E-state index < -0.39 is 17.2 Å². The summed E-state index contributed by atoms with van der Waals surface area (Å²) in [7, 11) is 1.58. The van der Waals surface area contributed by atoms with Gasteiger partial charge in [0.2, 0.25) is 5.43 Å². The van der Waals surface area contributed by atoms with Gasteiger partial charge < -0.3 is 0 Å². The van der Waals surface area contributed by atoms with Crippen LogP contribution in [0.15, 0.2) is 52.6 Å². The number of nitrogens with one attached hydrogen (secondary N) is 1. The van der Waals surface area contributed by atoms with Gasteiger partial charge in [0.15, 0.2) is 10.8 Å². The Hall–Kier alpha value is -3.10. The van der Waals surface area contributed by atoms with Crippen LogP contribution in [-0.2, 0) is 7.05 Å². The average Bonchev–Trinajstić information content (AvgIpc) is 3.13. The number of aromatic nitrogens is 3. The average molecular weight is 415 g/mol. The molecular formula is C19H12ClFN4O2S. The fraction of sp³-hybridized carbons (Fsp3) is 0.0526. The van der Waals surface area contributed by atoms with Crippen LogP contribution in [0, 0.1) is 5.82 Å². The largest absolute Gasteiger partial charge is 0.296 e. The molecule has 140 valence electrons. The lowest BCUT2D eigenvalue weighted by Crippen LogP contribution is -2.26. The summed E-state index contributed by atoms with van der Waals surface area (Å²) in [5, 5.41) is 9.41. The van der Waals surface area contributed by atoms with E-state index in [2.05, 4.69) is 15.4 Å². The molecule has 1 N–H and O–H groups in total. The maximum Gasteiger partial charge on any atom is 0.281 e. The minimum atomic E-state index is -0.705. The smallest absolute Gasteiger partial charge is 0.281 e. The molecule has 0 radical (unpaired) electrons. The minimum absolute atomic E-state index is 0.0867. The SMILES string of the molecule is Cn1nc(C(=O)Nc2nc(-c3ccc(Cl)cc3)cs2)c(=O)c2cc(F)ccc21. The van der Waals surface area contributed by atoms with Gasteiger partial charge in [0.25, 0.3) is 5.91 Å². The number of carbonyl (C=O) groups is 1. The number of carbonyl (C=O) groups excluding carboxylic acids is 1. The first-order valence-electron chi connectivity index (χ1n) is 8.12. The zero-order chi connectivity index (χ0) is 19.8. The van der Waals surface area contributed by atoms with Crippen LogP contribution >= 0.6 is 22.9 Å². The maximum atomic E-state index is 13.5. The van der Waals surface area contributed by atoms with Crippen LogP contribution < -0.4 is 10.7 Å². The first-order valence-corrected chi connectivity index (χ1v) is 9.37. The third kappa shape index (κ3) is 3.39. The van der Waals surface area contributed by atoms with Gasteiger partial charge in [0.1, 0.15) is 5.82 Å². The molecule has 28 heavy (non-hydrogen) atoms. The Bertz CT molecular complexity index is 1270. The number of benzene rings is 2. The van der Waals surface area contributed by atoms with E-state index in [0.717, 1.165) is 11.6 Å². The number of amides is 1. The fourth-order valence-corrected chi connectivity index (χ4v) is 3.58. The van der Waals surface area contributed by atoms with Crippen LogP contribution in [0.1, 0.15) is 10.5 Å². The predicted octanol–water partition coefficient (Wildman–Crippen LogP) is 4.10. The molecule has 4 aromatic rings. The van der Waals surface area contributed by atoms with Gasteiger partial charge in [-0.25, -0.2) is 9.37 Å². The van der Waals surface area contributed by atoms with Crippen molar-refractivity contribution in [1.82, 2.24) is 14.8 Å². The Morgan fingerprint density at radius 3 is 2.71 bits per heavy atom. The number of anilines is 1. The molecule has 2 aromatic carbocycles. The molecule has 0 bridgehead atoms. The van der Waals surface area contributed by atoms with E-state index in [9.17, 15) is 14.0 Å². The predicted molar refractivity (Wildman–Crippen MR) is 107 cm³/mol. The highest BCUT2D eigenvalue weighted by Gasteiger charge is 2.18. The monoisotopic (exact) mass is 414 g/mol. The number of halogens is 2. The molecule has 0 spiro atoms. The lowest BCUT2D eigenvalue weighted by molar-refractivity contribution is 0.101. The number of hydrogen-bond donors (Lipinski definition) is 1. The molecule has 0 fully saturated rings. The Labute approximate surface area is 167 Å². The van der Waals surface area contributed by atoms with Crippen molar-refractivity contribution in [3.05, 3.63) is 74.6 Å². The van der Waals surface area contributed by atoms with Crippen LogP contribution in [-0.4, -0.2) is 20.7 Å². The number of rotatable bonds is 3. The summed E-state index contributed by atoms with van der Waals surface area (Å²) >= 11 is 7.10. The zero-order valence-electron chi connectivity index (χ0n) is 14.4. The van der Waals surface area contributed by atoms with Crippen LogP contribution in [0.4, 0.5) is 9.52 Å². The minimum Gasteiger partial charge on any atom is -0.296 e. The molecule has 0 saturated carbocycles.